The van der Waals surface area contributed by atoms with Gasteiger partial charge in [0.05, 0.1) is 4.92 Å². The third-order valence-electron chi connectivity index (χ3n) is 3.49. The number of halogens is 1. The van der Waals surface area contributed by atoms with Crippen LogP contribution in [0.5, 0.6) is 0 Å². The van der Waals surface area contributed by atoms with Crippen LogP contribution in [0.25, 0.3) is 0 Å². The lowest BCUT2D eigenvalue weighted by molar-refractivity contribution is -0.385. The van der Waals surface area contributed by atoms with E-state index in [0.717, 1.165) is 43.9 Å². The first kappa shape index (κ1) is 14.3. The highest BCUT2D eigenvalue weighted by Crippen LogP contribution is 2.27. The lowest BCUT2D eigenvalue weighted by Crippen LogP contribution is -2.28. The van der Waals surface area contributed by atoms with Crippen molar-refractivity contribution < 1.29 is 4.92 Å². The van der Waals surface area contributed by atoms with Crippen molar-refractivity contribution in [1.82, 2.24) is 4.90 Å². The molecule has 1 aromatic rings. The summed E-state index contributed by atoms with van der Waals surface area (Å²) < 4.78 is 0. The van der Waals surface area contributed by atoms with Crippen LogP contribution in [0.15, 0.2) is 18.2 Å². The topological polar surface area (TPSA) is 49.6 Å². The summed E-state index contributed by atoms with van der Waals surface area (Å²) >= 11 is 3.33. The molecule has 1 aliphatic heterocycles. The summed E-state index contributed by atoms with van der Waals surface area (Å²) in [5.41, 5.74) is 2.00. The number of nitro groups is 1. The molecule has 0 aliphatic carbocycles. The van der Waals surface area contributed by atoms with E-state index in [1.807, 2.05) is 12.1 Å². The average Bonchev–Trinajstić information content (AvgIpc) is 2.62. The van der Waals surface area contributed by atoms with Crippen molar-refractivity contribution in [2.24, 2.45) is 0 Å². The Kier molecular flexibility index (Phi) is 4.76. The largest absolute Gasteiger partial charge is 0.370 e. The first-order valence-corrected chi connectivity index (χ1v) is 7.50. The number of benzene rings is 1. The number of hydrogen-bond donors (Lipinski definition) is 0. The summed E-state index contributed by atoms with van der Waals surface area (Å²) in [6, 6.07) is 5.40. The molecule has 0 bridgehead atoms. The van der Waals surface area contributed by atoms with Crippen LogP contribution in [0, 0.1) is 10.1 Å². The van der Waals surface area contributed by atoms with Gasteiger partial charge in [-0.15, -0.1) is 0 Å². The second kappa shape index (κ2) is 6.34. The number of nitrogens with zero attached hydrogens (tertiary/aromatic N) is 3. The normalized spacial score (nSPS) is 17.3. The van der Waals surface area contributed by atoms with Crippen LogP contribution in [0.3, 0.4) is 0 Å². The minimum Gasteiger partial charge on any atom is -0.370 e. The van der Waals surface area contributed by atoms with Gasteiger partial charge in [0, 0.05) is 42.3 Å². The predicted octanol–water partition coefficient (Wildman–Crippen LogP) is 2.63. The second-order valence-corrected chi connectivity index (χ2v) is 5.41. The molecule has 104 valence electrons. The van der Waals surface area contributed by atoms with Crippen molar-refractivity contribution in [2.75, 3.05) is 38.1 Å². The van der Waals surface area contributed by atoms with Crippen molar-refractivity contribution in [1.29, 1.82) is 0 Å². The average molecular weight is 328 g/mol. The molecule has 0 amide bonds. The van der Waals surface area contributed by atoms with Crippen LogP contribution in [0.2, 0.25) is 0 Å². The van der Waals surface area contributed by atoms with E-state index in [0.29, 0.717) is 5.33 Å². The zero-order chi connectivity index (χ0) is 13.8. The van der Waals surface area contributed by atoms with Crippen LogP contribution in [-0.2, 0) is 5.33 Å². The van der Waals surface area contributed by atoms with Gasteiger partial charge >= 0.3 is 0 Å². The Labute approximate surface area is 121 Å². The fraction of sp³-hybridized carbons (Fsp3) is 0.538. The molecule has 0 N–H and O–H groups in total. The molecule has 0 atom stereocenters. The van der Waals surface area contributed by atoms with Crippen molar-refractivity contribution in [3.63, 3.8) is 0 Å². The zero-order valence-corrected chi connectivity index (χ0v) is 12.6. The molecule has 1 aromatic carbocycles. The lowest BCUT2D eigenvalue weighted by Gasteiger charge is -2.23. The Bertz CT molecular complexity index is 467. The maximum Gasteiger partial charge on any atom is 0.273 e. The van der Waals surface area contributed by atoms with E-state index in [9.17, 15) is 10.1 Å². The van der Waals surface area contributed by atoms with Gasteiger partial charge in [0.25, 0.3) is 5.69 Å². The summed E-state index contributed by atoms with van der Waals surface area (Å²) in [5.74, 6) is 0. The molecule has 0 spiro atoms. The highest BCUT2D eigenvalue weighted by Gasteiger charge is 2.17. The van der Waals surface area contributed by atoms with Crippen molar-refractivity contribution >= 4 is 27.3 Å². The van der Waals surface area contributed by atoms with Crippen LogP contribution in [-0.4, -0.2) is 43.0 Å². The fourth-order valence-corrected chi connectivity index (χ4v) is 2.81. The molecule has 1 fully saturated rings. The number of hydrogen-bond acceptors (Lipinski definition) is 4. The summed E-state index contributed by atoms with van der Waals surface area (Å²) in [5, 5.41) is 11.4. The van der Waals surface area contributed by atoms with Gasteiger partial charge in [-0.25, -0.2) is 0 Å². The van der Waals surface area contributed by atoms with Crippen molar-refractivity contribution in [3.05, 3.63) is 33.9 Å². The molecule has 1 heterocycles. The first-order chi connectivity index (χ1) is 9.11. The molecule has 0 aromatic heterocycles. The quantitative estimate of drug-likeness (QED) is 0.486. The summed E-state index contributed by atoms with van der Waals surface area (Å²) in [6.45, 7) is 4.11. The molecule has 1 aliphatic rings. The number of rotatable bonds is 3. The van der Waals surface area contributed by atoms with E-state index in [2.05, 4.69) is 32.8 Å². The number of nitro benzene ring substituents is 1. The molecule has 0 radical (unpaired) electrons. The number of anilines is 1. The molecular formula is C13H18BrN3O2. The zero-order valence-electron chi connectivity index (χ0n) is 11.0. The van der Waals surface area contributed by atoms with E-state index >= 15 is 0 Å². The van der Waals surface area contributed by atoms with Gasteiger partial charge in [-0.05, 0) is 32.1 Å². The maximum atomic E-state index is 10.9. The molecule has 2 rings (SSSR count). The van der Waals surface area contributed by atoms with E-state index < -0.39 is 0 Å². The standard InChI is InChI=1S/C13H18BrN3O2/c1-15-5-2-6-16(8-7-15)12-3-4-13(17(18)19)11(9-12)10-14/h3-4,9H,2,5-8,10H2,1H3. The predicted molar refractivity (Wildman–Crippen MR) is 80.1 cm³/mol. The maximum absolute atomic E-state index is 10.9. The Balaban J connectivity index is 2.22. The van der Waals surface area contributed by atoms with Gasteiger partial charge < -0.3 is 9.80 Å². The third-order valence-corrected chi connectivity index (χ3v) is 4.09. The van der Waals surface area contributed by atoms with E-state index in [1.54, 1.807) is 6.07 Å². The number of likely N-dealkylation sites (N-methyl/N-ethyl adjacent to an activating group) is 1. The third kappa shape index (κ3) is 3.45. The van der Waals surface area contributed by atoms with Crippen LogP contribution in [0.4, 0.5) is 11.4 Å². The summed E-state index contributed by atoms with van der Waals surface area (Å²) in [6.07, 6.45) is 1.12. The SMILES string of the molecule is CN1CCCN(c2ccc([N+](=O)[O-])c(CBr)c2)CC1. The Morgan fingerprint density at radius 1 is 1.32 bits per heavy atom. The lowest BCUT2D eigenvalue weighted by atomic mass is 10.1. The fourth-order valence-electron chi connectivity index (χ4n) is 2.36. The molecule has 5 nitrogen and oxygen atoms in total. The second-order valence-electron chi connectivity index (χ2n) is 4.85. The van der Waals surface area contributed by atoms with Crippen LogP contribution in [0.1, 0.15) is 12.0 Å². The van der Waals surface area contributed by atoms with Gasteiger partial charge in [0.1, 0.15) is 0 Å². The minimum absolute atomic E-state index is 0.188. The smallest absolute Gasteiger partial charge is 0.273 e. The van der Waals surface area contributed by atoms with Gasteiger partial charge in [0.15, 0.2) is 0 Å². The molecule has 1 saturated heterocycles. The van der Waals surface area contributed by atoms with Crippen LogP contribution < -0.4 is 4.90 Å². The van der Waals surface area contributed by atoms with Crippen LogP contribution >= 0.6 is 15.9 Å². The molecule has 0 unspecified atom stereocenters. The highest BCUT2D eigenvalue weighted by atomic mass is 79.9. The molecule has 19 heavy (non-hydrogen) atoms. The summed E-state index contributed by atoms with van der Waals surface area (Å²) in [7, 11) is 2.13. The molecule has 0 saturated carbocycles. The number of alkyl halides is 1. The monoisotopic (exact) mass is 327 g/mol. The Morgan fingerprint density at radius 3 is 2.79 bits per heavy atom. The first-order valence-electron chi connectivity index (χ1n) is 6.38. The van der Waals surface area contributed by atoms with Crippen molar-refractivity contribution in [3.8, 4) is 0 Å². The van der Waals surface area contributed by atoms with Crippen molar-refractivity contribution in [2.45, 2.75) is 11.8 Å². The Morgan fingerprint density at radius 2 is 2.11 bits per heavy atom. The molecular weight excluding hydrogens is 310 g/mol. The summed E-state index contributed by atoms with van der Waals surface area (Å²) in [4.78, 5) is 15.2. The minimum atomic E-state index is -0.323. The highest BCUT2D eigenvalue weighted by molar-refractivity contribution is 9.08. The Hall–Kier alpha value is -1.14. The van der Waals surface area contributed by atoms with Gasteiger partial charge in [-0.1, -0.05) is 15.9 Å². The molecule has 6 heteroatoms. The van der Waals surface area contributed by atoms with E-state index in [4.69, 9.17) is 0 Å². The van der Waals surface area contributed by atoms with Gasteiger partial charge in [-0.2, -0.15) is 0 Å². The van der Waals surface area contributed by atoms with Gasteiger partial charge in [-0.3, -0.25) is 10.1 Å². The van der Waals surface area contributed by atoms with E-state index in [-0.39, 0.29) is 10.6 Å². The van der Waals surface area contributed by atoms with Gasteiger partial charge in [0.2, 0.25) is 0 Å². The van der Waals surface area contributed by atoms with E-state index in [1.165, 1.54) is 0 Å².